The summed E-state index contributed by atoms with van der Waals surface area (Å²) in [6.45, 7) is 10.1. The number of hydrogen-bond donors (Lipinski definition) is 0. The van der Waals surface area contributed by atoms with Gasteiger partial charge in [0.2, 0.25) is 0 Å². The monoisotopic (exact) mass is 206 g/mol. The molecule has 0 aromatic rings. The van der Waals surface area contributed by atoms with E-state index in [-0.39, 0.29) is 0 Å². The first-order valence-electron chi connectivity index (χ1n) is 7.05. The average Bonchev–Trinajstić information content (AvgIpc) is 2.56. The van der Waals surface area contributed by atoms with Gasteiger partial charge in [0, 0.05) is 0 Å². The standard InChI is InChI=1S/C15H26/c1-5-12-10(2)8-13-11(3)9-14(4)6-7-15(12,13)14/h10-13H,5-9H2,1-4H3. The van der Waals surface area contributed by atoms with Crippen molar-refractivity contribution in [3.05, 3.63) is 0 Å². The second kappa shape index (κ2) is 2.81. The topological polar surface area (TPSA) is 0 Å². The van der Waals surface area contributed by atoms with Crippen LogP contribution in [0.25, 0.3) is 0 Å². The lowest BCUT2D eigenvalue weighted by Gasteiger charge is -2.58. The predicted octanol–water partition coefficient (Wildman–Crippen LogP) is 4.49. The summed E-state index contributed by atoms with van der Waals surface area (Å²) in [4.78, 5) is 0. The summed E-state index contributed by atoms with van der Waals surface area (Å²) < 4.78 is 0. The maximum Gasteiger partial charge on any atom is -0.0182 e. The van der Waals surface area contributed by atoms with Crippen LogP contribution in [0.5, 0.6) is 0 Å². The highest BCUT2D eigenvalue weighted by molar-refractivity contribution is 5.19. The molecule has 0 saturated heterocycles. The van der Waals surface area contributed by atoms with Crippen LogP contribution in [0.2, 0.25) is 0 Å². The minimum absolute atomic E-state index is 0.739. The van der Waals surface area contributed by atoms with Gasteiger partial charge in [0.1, 0.15) is 0 Å². The Bertz CT molecular complexity index is 278. The molecule has 3 aliphatic rings. The maximum absolute atomic E-state index is 2.60. The summed E-state index contributed by atoms with van der Waals surface area (Å²) in [7, 11) is 0. The van der Waals surface area contributed by atoms with Gasteiger partial charge < -0.3 is 0 Å². The molecule has 0 aromatic carbocycles. The van der Waals surface area contributed by atoms with Gasteiger partial charge in [0.15, 0.2) is 0 Å². The molecule has 86 valence electrons. The van der Waals surface area contributed by atoms with E-state index < -0.39 is 0 Å². The van der Waals surface area contributed by atoms with E-state index in [9.17, 15) is 0 Å². The van der Waals surface area contributed by atoms with Crippen LogP contribution in [0, 0.1) is 34.5 Å². The molecule has 6 unspecified atom stereocenters. The van der Waals surface area contributed by atoms with Gasteiger partial charge in [-0.15, -0.1) is 0 Å². The summed E-state index contributed by atoms with van der Waals surface area (Å²) in [5.41, 5.74) is 1.53. The quantitative estimate of drug-likeness (QED) is 0.593. The molecule has 3 fully saturated rings. The van der Waals surface area contributed by atoms with Crippen molar-refractivity contribution >= 4 is 0 Å². The molecule has 1 spiro atoms. The SMILES string of the molecule is CCC1C(C)CC2C(C)CC3(C)CCC123. The van der Waals surface area contributed by atoms with Gasteiger partial charge in [-0.25, -0.2) is 0 Å². The molecule has 0 N–H and O–H groups in total. The lowest BCUT2D eigenvalue weighted by atomic mass is 9.46. The number of rotatable bonds is 1. The lowest BCUT2D eigenvalue weighted by Crippen LogP contribution is -2.51. The highest BCUT2D eigenvalue weighted by Gasteiger charge is 2.71. The van der Waals surface area contributed by atoms with Crippen LogP contribution >= 0.6 is 0 Å². The highest BCUT2D eigenvalue weighted by atomic mass is 14.8. The van der Waals surface area contributed by atoms with Crippen molar-refractivity contribution in [3.8, 4) is 0 Å². The zero-order chi connectivity index (χ0) is 10.8. The van der Waals surface area contributed by atoms with Crippen LogP contribution in [-0.2, 0) is 0 Å². The molecule has 0 radical (unpaired) electrons. The molecule has 6 atom stereocenters. The molecular weight excluding hydrogens is 180 g/mol. The van der Waals surface area contributed by atoms with Crippen molar-refractivity contribution in [2.24, 2.45) is 34.5 Å². The van der Waals surface area contributed by atoms with Crippen molar-refractivity contribution < 1.29 is 0 Å². The highest BCUT2D eigenvalue weighted by Crippen LogP contribution is 2.78. The molecule has 0 aromatic heterocycles. The van der Waals surface area contributed by atoms with Gasteiger partial charge in [-0.3, -0.25) is 0 Å². The molecule has 0 bridgehead atoms. The van der Waals surface area contributed by atoms with E-state index in [1.54, 1.807) is 6.42 Å². The first-order valence-corrected chi connectivity index (χ1v) is 7.05. The van der Waals surface area contributed by atoms with Crippen molar-refractivity contribution in [3.63, 3.8) is 0 Å². The zero-order valence-electron chi connectivity index (χ0n) is 10.8. The van der Waals surface area contributed by atoms with Gasteiger partial charge in [-0.05, 0) is 60.2 Å². The molecule has 3 aliphatic carbocycles. The molecule has 0 heterocycles. The third-order valence-corrected chi connectivity index (χ3v) is 6.75. The largest absolute Gasteiger partial charge is 0.0651 e. The Morgan fingerprint density at radius 2 is 1.87 bits per heavy atom. The Kier molecular flexibility index (Phi) is 1.91. The van der Waals surface area contributed by atoms with Crippen LogP contribution in [0.1, 0.15) is 59.8 Å². The Hall–Kier alpha value is 0. The van der Waals surface area contributed by atoms with Crippen molar-refractivity contribution in [1.82, 2.24) is 0 Å². The van der Waals surface area contributed by atoms with E-state index in [1.807, 2.05) is 0 Å². The smallest absolute Gasteiger partial charge is 0.0182 e. The van der Waals surface area contributed by atoms with Gasteiger partial charge in [0.05, 0.1) is 0 Å². The predicted molar refractivity (Wildman–Crippen MR) is 64.6 cm³/mol. The van der Waals surface area contributed by atoms with E-state index in [4.69, 9.17) is 0 Å². The van der Waals surface area contributed by atoms with Gasteiger partial charge >= 0.3 is 0 Å². The van der Waals surface area contributed by atoms with E-state index in [1.165, 1.54) is 25.7 Å². The molecule has 15 heavy (non-hydrogen) atoms. The van der Waals surface area contributed by atoms with Crippen molar-refractivity contribution in [2.75, 3.05) is 0 Å². The first kappa shape index (κ1) is 10.2. The summed E-state index contributed by atoms with van der Waals surface area (Å²) in [5.74, 6) is 4.14. The molecule has 3 saturated carbocycles. The van der Waals surface area contributed by atoms with Crippen LogP contribution in [0.15, 0.2) is 0 Å². The minimum Gasteiger partial charge on any atom is -0.0651 e. The second-order valence-corrected chi connectivity index (χ2v) is 7.12. The van der Waals surface area contributed by atoms with Gasteiger partial charge in [-0.2, -0.15) is 0 Å². The third-order valence-electron chi connectivity index (χ3n) is 6.75. The number of hydrogen-bond acceptors (Lipinski definition) is 0. The first-order chi connectivity index (χ1) is 7.05. The van der Waals surface area contributed by atoms with Gasteiger partial charge in [-0.1, -0.05) is 34.1 Å². The minimum atomic E-state index is 0.739. The van der Waals surface area contributed by atoms with E-state index >= 15 is 0 Å². The van der Waals surface area contributed by atoms with Crippen molar-refractivity contribution in [1.29, 1.82) is 0 Å². The van der Waals surface area contributed by atoms with Crippen LogP contribution in [-0.4, -0.2) is 0 Å². The van der Waals surface area contributed by atoms with E-state index in [2.05, 4.69) is 27.7 Å². The summed E-state index contributed by atoms with van der Waals surface area (Å²) in [6, 6.07) is 0. The van der Waals surface area contributed by atoms with Crippen molar-refractivity contribution in [2.45, 2.75) is 59.8 Å². The molecule has 3 rings (SSSR count). The fourth-order valence-corrected chi connectivity index (χ4v) is 6.32. The Balaban J connectivity index is 2.03. The summed E-state index contributed by atoms with van der Waals surface area (Å²) >= 11 is 0. The fraction of sp³-hybridized carbons (Fsp3) is 1.00. The molecular formula is C15H26. The van der Waals surface area contributed by atoms with Crippen LogP contribution in [0.3, 0.4) is 0 Å². The Labute approximate surface area is 94.8 Å². The average molecular weight is 206 g/mol. The fourth-order valence-electron chi connectivity index (χ4n) is 6.32. The Morgan fingerprint density at radius 1 is 1.13 bits per heavy atom. The normalized spacial score (nSPS) is 62.4. The van der Waals surface area contributed by atoms with Crippen LogP contribution in [0.4, 0.5) is 0 Å². The molecule has 0 aliphatic heterocycles. The molecule has 0 nitrogen and oxygen atoms in total. The van der Waals surface area contributed by atoms with E-state index in [0.717, 1.165) is 34.5 Å². The third kappa shape index (κ3) is 0.913. The summed E-state index contributed by atoms with van der Waals surface area (Å²) in [6.07, 6.45) is 7.58. The molecule has 0 heteroatoms. The second-order valence-electron chi connectivity index (χ2n) is 7.12. The molecule has 0 amide bonds. The van der Waals surface area contributed by atoms with E-state index in [0.29, 0.717) is 0 Å². The Morgan fingerprint density at radius 3 is 2.40 bits per heavy atom. The maximum atomic E-state index is 2.60. The summed E-state index contributed by atoms with van der Waals surface area (Å²) in [5, 5.41) is 0. The van der Waals surface area contributed by atoms with Gasteiger partial charge in [0.25, 0.3) is 0 Å². The lowest BCUT2D eigenvalue weighted by molar-refractivity contribution is -0.0957. The zero-order valence-corrected chi connectivity index (χ0v) is 10.8. The van der Waals surface area contributed by atoms with Crippen LogP contribution < -0.4 is 0 Å².